The van der Waals surface area contributed by atoms with E-state index in [0.29, 0.717) is 12.5 Å². The van der Waals surface area contributed by atoms with E-state index >= 15 is 0 Å². The zero-order chi connectivity index (χ0) is 27.5. The van der Waals surface area contributed by atoms with Crippen molar-refractivity contribution >= 4 is 15.7 Å². The molecular formula is C28H35F3N2O4S. The van der Waals surface area contributed by atoms with Gasteiger partial charge in [-0.05, 0) is 80.1 Å². The van der Waals surface area contributed by atoms with Crippen molar-refractivity contribution in [3.05, 3.63) is 64.7 Å². The van der Waals surface area contributed by atoms with Crippen LogP contribution in [0.2, 0.25) is 0 Å². The maximum atomic E-state index is 13.0. The van der Waals surface area contributed by atoms with E-state index in [2.05, 4.69) is 22.3 Å². The number of halogens is 3. The summed E-state index contributed by atoms with van der Waals surface area (Å²) in [5, 5.41) is 13.5. The van der Waals surface area contributed by atoms with Gasteiger partial charge < -0.3 is 10.4 Å². The highest BCUT2D eigenvalue weighted by molar-refractivity contribution is 7.91. The highest BCUT2D eigenvalue weighted by atomic mass is 32.2. The molecule has 0 aromatic heterocycles. The number of fused-ring (bicyclic) bond motifs is 1. The Bertz CT molecular complexity index is 1240. The van der Waals surface area contributed by atoms with E-state index in [1.165, 1.54) is 37.3 Å². The van der Waals surface area contributed by atoms with Crippen molar-refractivity contribution in [3.63, 3.8) is 0 Å². The molecule has 38 heavy (non-hydrogen) atoms. The van der Waals surface area contributed by atoms with E-state index < -0.39 is 50.2 Å². The van der Waals surface area contributed by atoms with Gasteiger partial charge in [-0.3, -0.25) is 9.69 Å². The normalized spacial score (nSPS) is 20.4. The first kappa shape index (κ1) is 28.6. The fourth-order valence-corrected chi connectivity index (χ4v) is 7.07. The summed E-state index contributed by atoms with van der Waals surface area (Å²) in [6.45, 7) is 4.52. The minimum atomic E-state index is -4.68. The minimum Gasteiger partial charge on any atom is -0.383 e. The summed E-state index contributed by atoms with van der Waals surface area (Å²) >= 11 is 0. The highest BCUT2D eigenvalue weighted by Crippen LogP contribution is 2.32. The summed E-state index contributed by atoms with van der Waals surface area (Å²) in [5.74, 6) is -2.37. The molecule has 10 heteroatoms. The average Bonchev–Trinajstić information content (AvgIpc) is 2.88. The molecule has 2 aliphatic rings. The second kappa shape index (κ2) is 11.8. The molecule has 6 nitrogen and oxygen atoms in total. The Morgan fingerprint density at radius 2 is 1.84 bits per heavy atom. The number of sulfone groups is 1. The van der Waals surface area contributed by atoms with Crippen LogP contribution in [-0.2, 0) is 33.8 Å². The van der Waals surface area contributed by atoms with Gasteiger partial charge in [-0.2, -0.15) is 13.2 Å². The molecule has 1 amide bonds. The number of nitrogens with zero attached hydrogens (tertiary/aromatic N) is 1. The van der Waals surface area contributed by atoms with Gasteiger partial charge in [-0.15, -0.1) is 0 Å². The summed E-state index contributed by atoms with van der Waals surface area (Å²) in [7, 11) is -4.16. The van der Waals surface area contributed by atoms with Gasteiger partial charge in [0.15, 0.2) is 9.84 Å². The second-order valence-corrected chi connectivity index (χ2v) is 12.6. The number of likely N-dealkylation sites (tertiary alicyclic amines) is 1. The van der Waals surface area contributed by atoms with E-state index in [1.54, 1.807) is 0 Å². The summed E-state index contributed by atoms with van der Waals surface area (Å²) in [5.41, 5.74) is 2.35. The van der Waals surface area contributed by atoms with E-state index in [1.807, 2.05) is 6.07 Å². The molecule has 4 rings (SSSR count). The van der Waals surface area contributed by atoms with Crippen molar-refractivity contribution in [2.24, 2.45) is 5.92 Å². The quantitative estimate of drug-likeness (QED) is 0.498. The van der Waals surface area contributed by atoms with Gasteiger partial charge in [-0.25, -0.2) is 8.42 Å². The number of aliphatic hydroxyl groups is 1. The standard InChI is InChI=1S/C28H35F3N2O4S/c1-19(18-38(36,37)23-9-6-8-22(16-23)28(29,30)31)26(34)27(35)32-25-10-5-7-21-15-20(11-12-24(21)25)17-33-13-3-2-4-14-33/h6,8-9,11-12,15-16,19,25-26,34H,2-5,7,10,13-14,17-18H2,1H3,(H,32,35)/t19?,25-,26-/m1/s1. The Morgan fingerprint density at radius 1 is 1.11 bits per heavy atom. The third-order valence-electron chi connectivity index (χ3n) is 7.50. The predicted octanol–water partition coefficient (Wildman–Crippen LogP) is 4.66. The van der Waals surface area contributed by atoms with E-state index in [0.717, 1.165) is 56.2 Å². The molecule has 0 bridgehead atoms. The molecule has 2 aromatic rings. The first-order valence-electron chi connectivity index (χ1n) is 13.2. The fourth-order valence-electron chi connectivity index (χ4n) is 5.41. The van der Waals surface area contributed by atoms with Gasteiger partial charge in [0.2, 0.25) is 5.91 Å². The van der Waals surface area contributed by atoms with E-state index in [9.17, 15) is 31.5 Å². The van der Waals surface area contributed by atoms with Crippen molar-refractivity contribution in [2.75, 3.05) is 18.8 Å². The number of benzene rings is 2. The molecule has 1 aliphatic heterocycles. The number of aliphatic hydroxyl groups excluding tert-OH is 1. The summed E-state index contributed by atoms with van der Waals surface area (Å²) in [6, 6.07) is 9.51. The summed E-state index contributed by atoms with van der Waals surface area (Å²) in [6.07, 6.45) is -0.0927. The van der Waals surface area contributed by atoms with Crippen molar-refractivity contribution in [1.29, 1.82) is 0 Å². The van der Waals surface area contributed by atoms with E-state index in [-0.39, 0.29) is 6.04 Å². The summed E-state index contributed by atoms with van der Waals surface area (Å²) < 4.78 is 64.6. The molecule has 1 unspecified atom stereocenters. The molecule has 1 heterocycles. The van der Waals surface area contributed by atoms with Crippen molar-refractivity contribution in [3.8, 4) is 0 Å². The number of hydrogen-bond acceptors (Lipinski definition) is 5. The number of carbonyl (C=O) groups excluding carboxylic acids is 1. The molecule has 0 radical (unpaired) electrons. The largest absolute Gasteiger partial charge is 0.416 e. The van der Waals surface area contributed by atoms with Crippen LogP contribution in [0, 0.1) is 5.92 Å². The maximum Gasteiger partial charge on any atom is 0.416 e. The number of nitrogens with one attached hydrogen (secondary N) is 1. The second-order valence-electron chi connectivity index (χ2n) is 10.6. The molecule has 2 N–H and O–H groups in total. The highest BCUT2D eigenvalue weighted by Gasteiger charge is 2.34. The SMILES string of the molecule is CC(CS(=O)(=O)c1cccc(C(F)(F)F)c1)[C@@H](O)C(=O)N[C@@H]1CCCc2cc(CN3CCCCC3)ccc21. The fraction of sp³-hybridized carbons (Fsp3) is 0.536. The first-order valence-corrected chi connectivity index (χ1v) is 14.8. The van der Waals surface area contributed by atoms with Crippen LogP contribution in [0.5, 0.6) is 0 Å². The number of rotatable bonds is 8. The zero-order valence-electron chi connectivity index (χ0n) is 21.5. The molecule has 0 spiro atoms. The Labute approximate surface area is 222 Å². The van der Waals surface area contributed by atoms with Crippen molar-refractivity contribution in [2.45, 2.75) is 75.2 Å². The average molecular weight is 553 g/mol. The Hall–Kier alpha value is -2.43. The molecule has 1 saturated heterocycles. The molecular weight excluding hydrogens is 517 g/mol. The molecule has 208 valence electrons. The lowest BCUT2D eigenvalue weighted by molar-refractivity contribution is -0.137. The third kappa shape index (κ3) is 6.95. The number of aryl methyl sites for hydroxylation is 1. The van der Waals surface area contributed by atoms with Gasteiger partial charge in [0.1, 0.15) is 6.10 Å². The van der Waals surface area contributed by atoms with Gasteiger partial charge in [0.05, 0.1) is 22.3 Å². The molecule has 3 atom stereocenters. The predicted molar refractivity (Wildman–Crippen MR) is 138 cm³/mol. The van der Waals surface area contributed by atoms with Crippen LogP contribution in [0.4, 0.5) is 13.2 Å². The number of amides is 1. The lowest BCUT2D eigenvalue weighted by Gasteiger charge is -2.30. The van der Waals surface area contributed by atoms with Crippen molar-refractivity contribution in [1.82, 2.24) is 10.2 Å². The van der Waals surface area contributed by atoms with Crippen LogP contribution < -0.4 is 5.32 Å². The third-order valence-corrected chi connectivity index (χ3v) is 9.44. The zero-order valence-corrected chi connectivity index (χ0v) is 22.3. The van der Waals surface area contributed by atoms with Gasteiger partial charge >= 0.3 is 6.18 Å². The molecule has 2 aromatic carbocycles. The number of hydrogen-bond donors (Lipinski definition) is 2. The minimum absolute atomic E-state index is 0.294. The molecule has 0 saturated carbocycles. The topological polar surface area (TPSA) is 86.7 Å². The van der Waals surface area contributed by atoms with Gasteiger partial charge in [-0.1, -0.05) is 37.6 Å². The van der Waals surface area contributed by atoms with Crippen LogP contribution in [-0.4, -0.2) is 49.3 Å². The van der Waals surface area contributed by atoms with Crippen LogP contribution >= 0.6 is 0 Å². The van der Waals surface area contributed by atoms with Crippen LogP contribution in [0.1, 0.15) is 67.3 Å². The lowest BCUT2D eigenvalue weighted by Crippen LogP contribution is -2.43. The van der Waals surface area contributed by atoms with Gasteiger partial charge in [0, 0.05) is 12.5 Å². The first-order chi connectivity index (χ1) is 17.9. The molecule has 1 fully saturated rings. The summed E-state index contributed by atoms with van der Waals surface area (Å²) in [4.78, 5) is 14.9. The van der Waals surface area contributed by atoms with E-state index in [4.69, 9.17) is 0 Å². The maximum absolute atomic E-state index is 13.0. The number of carbonyl (C=O) groups is 1. The van der Waals surface area contributed by atoms with Gasteiger partial charge in [0.25, 0.3) is 0 Å². The lowest BCUT2D eigenvalue weighted by atomic mass is 9.86. The van der Waals surface area contributed by atoms with Crippen LogP contribution in [0.25, 0.3) is 0 Å². The number of piperidine rings is 1. The monoisotopic (exact) mass is 552 g/mol. The Balaban J connectivity index is 1.39. The number of alkyl halides is 3. The van der Waals surface area contributed by atoms with Crippen LogP contribution in [0.15, 0.2) is 47.4 Å². The Morgan fingerprint density at radius 3 is 2.55 bits per heavy atom. The molecule has 1 aliphatic carbocycles. The Kier molecular flexibility index (Phi) is 8.84. The van der Waals surface area contributed by atoms with Crippen LogP contribution in [0.3, 0.4) is 0 Å². The smallest absolute Gasteiger partial charge is 0.383 e. The van der Waals surface area contributed by atoms with Crippen molar-refractivity contribution < 1.29 is 31.5 Å².